The van der Waals surface area contributed by atoms with E-state index in [9.17, 15) is 4.79 Å². The normalized spacial score (nSPS) is 13.1. The fourth-order valence-corrected chi connectivity index (χ4v) is 4.31. The molecular weight excluding hydrogens is 398 g/mol. The summed E-state index contributed by atoms with van der Waals surface area (Å²) in [6.45, 7) is 10.4. The number of anilines is 1. The maximum atomic E-state index is 12.6. The average Bonchev–Trinajstić information content (AvgIpc) is 3.34. The van der Waals surface area contributed by atoms with E-state index in [0.29, 0.717) is 18.3 Å². The largest absolute Gasteiger partial charge is 0.493 e. The van der Waals surface area contributed by atoms with Crippen LogP contribution in [0.3, 0.4) is 0 Å². The summed E-state index contributed by atoms with van der Waals surface area (Å²) in [7, 11) is 1.86. The second kappa shape index (κ2) is 9.35. The van der Waals surface area contributed by atoms with E-state index >= 15 is 0 Å². The summed E-state index contributed by atoms with van der Waals surface area (Å²) in [5.41, 5.74) is 5.55. The molecule has 0 saturated heterocycles. The van der Waals surface area contributed by atoms with Crippen molar-refractivity contribution in [1.29, 1.82) is 0 Å². The minimum absolute atomic E-state index is 0.138. The van der Waals surface area contributed by atoms with Gasteiger partial charge in [-0.15, -0.1) is 0 Å². The molecule has 1 aromatic heterocycles. The topological polar surface area (TPSA) is 47.4 Å². The SMILES string of the molecule is CC(C)CCn1c(Cc2ccc3c(c2)CCO3)nc2cc(N(C)C(=O)CC(C)C)ccc21. The summed E-state index contributed by atoms with van der Waals surface area (Å²) in [5, 5.41) is 0. The zero-order valence-electron chi connectivity index (χ0n) is 20.0. The molecule has 5 nitrogen and oxygen atoms in total. The van der Waals surface area contributed by atoms with Crippen LogP contribution in [0.5, 0.6) is 5.75 Å². The maximum absolute atomic E-state index is 12.6. The summed E-state index contributed by atoms with van der Waals surface area (Å²) < 4.78 is 8.03. The molecule has 0 bridgehead atoms. The highest BCUT2D eigenvalue weighted by Crippen LogP contribution is 2.29. The summed E-state index contributed by atoms with van der Waals surface area (Å²) >= 11 is 0. The van der Waals surface area contributed by atoms with Crippen molar-refractivity contribution in [1.82, 2.24) is 9.55 Å². The van der Waals surface area contributed by atoms with Crippen molar-refractivity contribution in [2.75, 3.05) is 18.6 Å². The van der Waals surface area contributed by atoms with Crippen LogP contribution < -0.4 is 9.64 Å². The average molecular weight is 434 g/mol. The summed E-state index contributed by atoms with van der Waals surface area (Å²) in [6, 6.07) is 12.7. The van der Waals surface area contributed by atoms with Crippen molar-refractivity contribution < 1.29 is 9.53 Å². The van der Waals surface area contributed by atoms with Gasteiger partial charge in [-0.1, -0.05) is 39.8 Å². The Kier molecular flexibility index (Phi) is 6.54. The van der Waals surface area contributed by atoms with Gasteiger partial charge in [-0.25, -0.2) is 4.98 Å². The van der Waals surface area contributed by atoms with E-state index in [1.807, 2.05) is 13.1 Å². The van der Waals surface area contributed by atoms with Crippen LogP contribution in [-0.2, 0) is 24.2 Å². The van der Waals surface area contributed by atoms with Crippen molar-refractivity contribution >= 4 is 22.6 Å². The number of carbonyl (C=O) groups is 1. The van der Waals surface area contributed by atoms with Crippen LogP contribution in [0.4, 0.5) is 5.69 Å². The third kappa shape index (κ3) is 4.82. The number of ether oxygens (including phenoxy) is 1. The van der Waals surface area contributed by atoms with E-state index in [-0.39, 0.29) is 5.91 Å². The molecule has 1 aliphatic heterocycles. The van der Waals surface area contributed by atoms with Gasteiger partial charge in [0.1, 0.15) is 11.6 Å². The summed E-state index contributed by atoms with van der Waals surface area (Å²) in [4.78, 5) is 19.4. The van der Waals surface area contributed by atoms with Gasteiger partial charge < -0.3 is 14.2 Å². The Morgan fingerprint density at radius 1 is 1.12 bits per heavy atom. The van der Waals surface area contributed by atoms with E-state index in [0.717, 1.165) is 60.7 Å². The van der Waals surface area contributed by atoms with E-state index in [4.69, 9.17) is 9.72 Å². The molecule has 0 unspecified atom stereocenters. The number of aryl methyl sites for hydroxylation is 1. The standard InChI is InChI=1S/C27H35N3O2/c1-18(2)10-12-30-24-8-7-22(29(5)27(31)14-19(3)4)17-23(24)28-26(30)16-20-6-9-25-21(15-20)11-13-32-25/h6-9,15,17-19H,10-14,16H2,1-5H3. The molecule has 2 aromatic carbocycles. The maximum Gasteiger partial charge on any atom is 0.226 e. The molecule has 2 heterocycles. The number of hydrogen-bond donors (Lipinski definition) is 0. The highest BCUT2D eigenvalue weighted by Gasteiger charge is 2.18. The molecule has 0 saturated carbocycles. The Morgan fingerprint density at radius 3 is 2.69 bits per heavy atom. The molecule has 1 aliphatic rings. The smallest absolute Gasteiger partial charge is 0.226 e. The highest BCUT2D eigenvalue weighted by molar-refractivity contribution is 5.95. The fourth-order valence-electron chi connectivity index (χ4n) is 4.31. The number of carbonyl (C=O) groups excluding carboxylic acids is 1. The first-order valence-corrected chi connectivity index (χ1v) is 11.8. The lowest BCUT2D eigenvalue weighted by atomic mass is 10.1. The Balaban J connectivity index is 1.67. The molecule has 4 rings (SSSR count). The Labute approximate surface area is 191 Å². The van der Waals surface area contributed by atoms with Crippen LogP contribution in [-0.4, -0.2) is 29.1 Å². The number of hydrogen-bond acceptors (Lipinski definition) is 3. The molecule has 0 radical (unpaired) electrons. The lowest BCUT2D eigenvalue weighted by Gasteiger charge is -2.18. The molecule has 0 N–H and O–H groups in total. The van der Waals surface area contributed by atoms with Gasteiger partial charge in [-0.05, 0) is 53.6 Å². The van der Waals surface area contributed by atoms with Crippen LogP contribution in [0.2, 0.25) is 0 Å². The van der Waals surface area contributed by atoms with E-state index in [2.05, 4.69) is 62.6 Å². The predicted molar refractivity (Wildman–Crippen MR) is 131 cm³/mol. The van der Waals surface area contributed by atoms with Gasteiger partial charge in [0.15, 0.2) is 0 Å². The van der Waals surface area contributed by atoms with Gasteiger partial charge in [0, 0.05) is 38.5 Å². The first kappa shape index (κ1) is 22.4. The van der Waals surface area contributed by atoms with E-state index < -0.39 is 0 Å². The number of amides is 1. The van der Waals surface area contributed by atoms with Crippen LogP contribution in [0.25, 0.3) is 11.0 Å². The second-order valence-corrected chi connectivity index (χ2v) is 9.80. The van der Waals surface area contributed by atoms with Crippen LogP contribution in [0.15, 0.2) is 36.4 Å². The molecule has 0 atom stereocenters. The third-order valence-electron chi connectivity index (χ3n) is 6.20. The zero-order valence-corrected chi connectivity index (χ0v) is 20.0. The van der Waals surface area contributed by atoms with Crippen molar-refractivity contribution in [2.45, 2.75) is 59.9 Å². The summed E-state index contributed by atoms with van der Waals surface area (Å²) in [6.07, 6.45) is 3.42. The van der Waals surface area contributed by atoms with Gasteiger partial charge in [0.2, 0.25) is 5.91 Å². The molecule has 0 spiro atoms. The first-order chi connectivity index (χ1) is 15.3. The first-order valence-electron chi connectivity index (χ1n) is 11.8. The predicted octanol–water partition coefficient (Wildman–Crippen LogP) is 5.62. The molecule has 170 valence electrons. The lowest BCUT2D eigenvalue weighted by molar-refractivity contribution is -0.119. The van der Waals surface area contributed by atoms with Gasteiger partial charge >= 0.3 is 0 Å². The number of rotatable bonds is 8. The highest BCUT2D eigenvalue weighted by atomic mass is 16.5. The quantitative estimate of drug-likeness (QED) is 0.463. The molecule has 32 heavy (non-hydrogen) atoms. The number of imidazole rings is 1. The Bertz CT molecular complexity index is 1110. The molecular formula is C27H35N3O2. The number of benzene rings is 2. The van der Waals surface area contributed by atoms with E-state index in [1.165, 1.54) is 11.1 Å². The lowest BCUT2D eigenvalue weighted by Crippen LogP contribution is -2.27. The molecule has 1 amide bonds. The summed E-state index contributed by atoms with van der Waals surface area (Å²) in [5.74, 6) is 3.19. The Hall–Kier alpha value is -2.82. The van der Waals surface area contributed by atoms with Crippen LogP contribution in [0, 0.1) is 11.8 Å². The van der Waals surface area contributed by atoms with Gasteiger partial charge in [0.25, 0.3) is 0 Å². The van der Waals surface area contributed by atoms with Crippen molar-refractivity contribution in [3.63, 3.8) is 0 Å². The van der Waals surface area contributed by atoms with Crippen molar-refractivity contribution in [2.24, 2.45) is 11.8 Å². The van der Waals surface area contributed by atoms with Gasteiger partial charge in [0.05, 0.1) is 17.6 Å². The molecule has 3 aromatic rings. The monoisotopic (exact) mass is 433 g/mol. The third-order valence-corrected chi connectivity index (χ3v) is 6.20. The Morgan fingerprint density at radius 2 is 1.94 bits per heavy atom. The minimum Gasteiger partial charge on any atom is -0.493 e. The molecule has 5 heteroatoms. The van der Waals surface area contributed by atoms with Crippen molar-refractivity contribution in [3.05, 3.63) is 53.3 Å². The van der Waals surface area contributed by atoms with Gasteiger partial charge in [-0.2, -0.15) is 0 Å². The van der Waals surface area contributed by atoms with Crippen molar-refractivity contribution in [3.8, 4) is 5.75 Å². The van der Waals surface area contributed by atoms with Crippen LogP contribution >= 0.6 is 0 Å². The molecule has 0 aliphatic carbocycles. The van der Waals surface area contributed by atoms with Crippen LogP contribution in [0.1, 0.15) is 57.5 Å². The zero-order chi connectivity index (χ0) is 22.8. The fraction of sp³-hybridized carbons (Fsp3) is 0.481. The second-order valence-electron chi connectivity index (χ2n) is 9.80. The minimum atomic E-state index is 0.138. The van der Waals surface area contributed by atoms with Gasteiger partial charge in [-0.3, -0.25) is 4.79 Å². The number of fused-ring (bicyclic) bond motifs is 2. The van der Waals surface area contributed by atoms with E-state index in [1.54, 1.807) is 4.90 Å². The number of nitrogens with zero attached hydrogens (tertiary/aromatic N) is 3. The number of aromatic nitrogens is 2. The molecule has 0 fully saturated rings.